The maximum atomic E-state index is 12.3. The Morgan fingerprint density at radius 2 is 2.04 bits per heavy atom. The molecule has 0 spiro atoms. The van der Waals surface area contributed by atoms with Crippen LogP contribution in [0.2, 0.25) is 0 Å². The van der Waals surface area contributed by atoms with E-state index >= 15 is 0 Å². The zero-order valence-corrected chi connectivity index (χ0v) is 16.9. The van der Waals surface area contributed by atoms with Crippen molar-refractivity contribution in [2.24, 2.45) is 0 Å². The van der Waals surface area contributed by atoms with Crippen LogP contribution >= 0.6 is 58.8 Å². The Bertz CT molecular complexity index is 678. The molecular weight excluding hydrogens is 417 g/mol. The number of aromatic nitrogens is 1. The van der Waals surface area contributed by atoms with Crippen LogP contribution in [0.15, 0.2) is 6.07 Å². The van der Waals surface area contributed by atoms with Gasteiger partial charge in [0.25, 0.3) is 5.69 Å². The molecular formula is C13H14Cl3N3O3S2. The average molecular weight is 431 g/mol. The van der Waals surface area contributed by atoms with Gasteiger partial charge in [0.1, 0.15) is 4.32 Å². The zero-order chi connectivity index (χ0) is 18.7. The Balaban J connectivity index is 3.04. The number of nitro groups is 1. The van der Waals surface area contributed by atoms with Crippen LogP contribution < -0.4 is 0 Å². The van der Waals surface area contributed by atoms with Crippen LogP contribution in [0, 0.1) is 17.0 Å². The molecule has 0 aliphatic carbocycles. The van der Waals surface area contributed by atoms with Crippen molar-refractivity contribution in [1.82, 2.24) is 9.88 Å². The minimum Gasteiger partial charge on any atom is -0.364 e. The summed E-state index contributed by atoms with van der Waals surface area (Å²) in [5, 5.41) is 11.2. The number of pyridine rings is 1. The summed E-state index contributed by atoms with van der Waals surface area (Å²) in [5.41, 5.74) is -0.404. The van der Waals surface area contributed by atoms with Crippen molar-refractivity contribution >= 4 is 74.6 Å². The Labute approximate surface area is 164 Å². The molecule has 0 bridgehead atoms. The highest BCUT2D eigenvalue weighted by Crippen LogP contribution is 2.42. The first-order valence-corrected chi connectivity index (χ1v) is 9.08. The van der Waals surface area contributed by atoms with Crippen LogP contribution in [0.3, 0.4) is 0 Å². The van der Waals surface area contributed by atoms with E-state index in [4.69, 9.17) is 47.0 Å². The monoisotopic (exact) mass is 429 g/mol. The summed E-state index contributed by atoms with van der Waals surface area (Å²) in [6.07, 6.45) is 0.158. The Morgan fingerprint density at radius 1 is 1.46 bits per heavy atom. The number of hydrogen-bond acceptors (Lipinski definition) is 6. The van der Waals surface area contributed by atoms with E-state index in [1.54, 1.807) is 4.90 Å². The fourth-order valence-electron chi connectivity index (χ4n) is 1.72. The minimum atomic E-state index is -2.05. The van der Waals surface area contributed by atoms with Crippen LogP contribution in [0.1, 0.15) is 28.2 Å². The third-order valence-electron chi connectivity index (χ3n) is 2.88. The van der Waals surface area contributed by atoms with Gasteiger partial charge >= 0.3 is 0 Å². The second-order valence-corrected chi connectivity index (χ2v) is 8.94. The number of carbonyl (C=O) groups is 1. The number of ketones is 1. The van der Waals surface area contributed by atoms with Gasteiger partial charge in [0.15, 0.2) is 11.5 Å². The lowest BCUT2D eigenvalue weighted by Crippen LogP contribution is -2.17. The molecule has 1 aromatic rings. The molecule has 0 unspecified atom stereocenters. The van der Waals surface area contributed by atoms with E-state index in [0.717, 1.165) is 6.07 Å². The maximum absolute atomic E-state index is 12.3. The number of alkyl halides is 3. The van der Waals surface area contributed by atoms with Gasteiger partial charge < -0.3 is 4.90 Å². The molecule has 24 heavy (non-hydrogen) atoms. The average Bonchev–Trinajstić information content (AvgIpc) is 2.45. The summed E-state index contributed by atoms with van der Waals surface area (Å²) in [5.74, 6) is 0.169. The largest absolute Gasteiger partial charge is 0.364 e. The van der Waals surface area contributed by atoms with Crippen molar-refractivity contribution in [1.29, 1.82) is 0 Å². The molecule has 0 fully saturated rings. The SMILES string of the molecule is Cc1nc(C(Cl)(Cl)Cl)c([N+](=O)[O-])cc1C(=O)CCSC(=S)N(C)C. The van der Waals surface area contributed by atoms with Gasteiger partial charge in [0.2, 0.25) is 3.79 Å². The van der Waals surface area contributed by atoms with Gasteiger partial charge in [-0.05, 0) is 6.92 Å². The first-order chi connectivity index (χ1) is 10.9. The van der Waals surface area contributed by atoms with E-state index in [-0.39, 0.29) is 29.2 Å². The van der Waals surface area contributed by atoms with Gasteiger partial charge in [-0.3, -0.25) is 14.9 Å². The molecule has 11 heteroatoms. The van der Waals surface area contributed by atoms with Crippen LogP contribution in [-0.2, 0) is 3.79 Å². The molecule has 0 aliphatic heterocycles. The van der Waals surface area contributed by atoms with E-state index in [0.29, 0.717) is 10.1 Å². The second-order valence-electron chi connectivity index (χ2n) is 4.93. The lowest BCUT2D eigenvalue weighted by Gasteiger charge is -2.14. The Kier molecular flexibility index (Phi) is 7.68. The first-order valence-electron chi connectivity index (χ1n) is 6.55. The number of hydrogen-bond donors (Lipinski definition) is 0. The third-order valence-corrected chi connectivity index (χ3v) is 5.15. The normalized spacial score (nSPS) is 11.2. The second kappa shape index (κ2) is 8.62. The fraction of sp³-hybridized carbons (Fsp3) is 0.462. The van der Waals surface area contributed by atoms with E-state index < -0.39 is 14.4 Å². The van der Waals surface area contributed by atoms with Crippen molar-refractivity contribution in [3.8, 4) is 0 Å². The molecule has 0 N–H and O–H groups in total. The van der Waals surface area contributed by atoms with Gasteiger partial charge in [-0.1, -0.05) is 58.8 Å². The molecule has 1 aromatic heterocycles. The summed E-state index contributed by atoms with van der Waals surface area (Å²) in [7, 11) is 3.62. The minimum absolute atomic E-state index is 0.135. The van der Waals surface area contributed by atoms with Crippen LogP contribution in [0.5, 0.6) is 0 Å². The van der Waals surface area contributed by atoms with E-state index in [1.165, 1.54) is 18.7 Å². The third kappa shape index (κ3) is 5.70. The van der Waals surface area contributed by atoms with Gasteiger partial charge in [-0.15, -0.1) is 0 Å². The summed E-state index contributed by atoms with van der Waals surface area (Å²) in [4.78, 5) is 28.5. The van der Waals surface area contributed by atoms with Gasteiger partial charge in [-0.2, -0.15) is 0 Å². The van der Waals surface area contributed by atoms with E-state index in [2.05, 4.69) is 4.98 Å². The molecule has 0 aliphatic rings. The number of rotatable bonds is 5. The molecule has 0 amide bonds. The zero-order valence-electron chi connectivity index (χ0n) is 13.0. The van der Waals surface area contributed by atoms with Crippen molar-refractivity contribution in [2.45, 2.75) is 17.1 Å². The van der Waals surface area contributed by atoms with Crippen molar-refractivity contribution in [2.75, 3.05) is 19.8 Å². The fourth-order valence-corrected chi connectivity index (χ4v) is 3.11. The van der Waals surface area contributed by atoms with Gasteiger partial charge in [0, 0.05) is 43.6 Å². The number of thioether (sulfide) groups is 1. The summed E-state index contributed by atoms with van der Waals surface area (Å²) in [6.45, 7) is 1.54. The smallest absolute Gasteiger partial charge is 0.295 e. The van der Waals surface area contributed by atoms with Crippen molar-refractivity contribution < 1.29 is 9.72 Å². The molecule has 0 saturated carbocycles. The number of halogens is 3. The number of thiocarbonyl (C=S) groups is 1. The molecule has 0 atom stereocenters. The molecule has 0 radical (unpaired) electrons. The predicted molar refractivity (Wildman–Crippen MR) is 103 cm³/mol. The quantitative estimate of drug-likeness (QED) is 0.227. The summed E-state index contributed by atoms with van der Waals surface area (Å²) >= 11 is 23.6. The standard InChI is InChI=1S/C13H14Cl3N3O3S2/c1-7-8(10(20)4-5-24-12(23)18(2)3)6-9(19(21)22)11(17-7)13(14,15)16/h6H,4-5H2,1-3H3. The Hall–Kier alpha value is -0.670. The number of aryl methyl sites for hydroxylation is 1. The number of carbonyl (C=O) groups excluding carboxylic acids is 1. The highest BCUT2D eigenvalue weighted by molar-refractivity contribution is 8.22. The van der Waals surface area contributed by atoms with Crippen LogP contribution in [0.25, 0.3) is 0 Å². The van der Waals surface area contributed by atoms with Crippen molar-refractivity contribution in [3.63, 3.8) is 0 Å². The number of nitrogens with zero attached hydrogens (tertiary/aromatic N) is 3. The highest BCUT2D eigenvalue weighted by Gasteiger charge is 2.35. The Morgan fingerprint density at radius 3 is 2.50 bits per heavy atom. The maximum Gasteiger partial charge on any atom is 0.295 e. The predicted octanol–water partition coefficient (Wildman–Crippen LogP) is 4.28. The van der Waals surface area contributed by atoms with Gasteiger partial charge in [-0.25, -0.2) is 4.98 Å². The molecule has 132 valence electrons. The molecule has 1 rings (SSSR count). The molecule has 1 heterocycles. The summed E-state index contributed by atoms with van der Waals surface area (Å²) < 4.78 is -1.40. The first kappa shape index (κ1) is 21.4. The lowest BCUT2D eigenvalue weighted by atomic mass is 10.1. The van der Waals surface area contributed by atoms with E-state index in [1.807, 2.05) is 14.1 Å². The van der Waals surface area contributed by atoms with Gasteiger partial charge in [0.05, 0.1) is 4.92 Å². The van der Waals surface area contributed by atoms with E-state index in [9.17, 15) is 14.9 Å². The molecule has 6 nitrogen and oxygen atoms in total. The van der Waals surface area contributed by atoms with Crippen LogP contribution in [0.4, 0.5) is 5.69 Å². The van der Waals surface area contributed by atoms with Crippen LogP contribution in [-0.4, -0.2) is 44.8 Å². The lowest BCUT2D eigenvalue weighted by molar-refractivity contribution is -0.386. The highest BCUT2D eigenvalue weighted by atomic mass is 35.6. The molecule has 0 saturated heterocycles. The summed E-state index contributed by atoms with van der Waals surface area (Å²) in [6, 6.07) is 1.11. The van der Waals surface area contributed by atoms with Crippen molar-refractivity contribution in [3.05, 3.63) is 33.1 Å². The topological polar surface area (TPSA) is 76.3 Å². The molecule has 0 aromatic carbocycles. The number of Topliss-reactive ketones (excluding diaryl/α,β-unsaturated/α-hetero) is 1.